The number of aromatic nitrogens is 4. The number of anilines is 1. The van der Waals surface area contributed by atoms with Crippen LogP contribution in [0.5, 0.6) is 0 Å². The number of carbonyl (C=O) groups excluding carboxylic acids is 1. The number of hydrogen-bond donors (Lipinski definition) is 1. The highest BCUT2D eigenvalue weighted by Crippen LogP contribution is 2.14. The van der Waals surface area contributed by atoms with Gasteiger partial charge in [-0.2, -0.15) is 10.2 Å². The second-order valence-corrected chi connectivity index (χ2v) is 5.94. The van der Waals surface area contributed by atoms with Gasteiger partial charge in [-0.25, -0.2) is 0 Å². The van der Waals surface area contributed by atoms with Crippen LogP contribution in [-0.2, 0) is 11.3 Å². The summed E-state index contributed by atoms with van der Waals surface area (Å²) >= 11 is 0. The number of nitrogens with one attached hydrogen (secondary N) is 1. The van der Waals surface area contributed by atoms with Crippen molar-refractivity contribution in [3.63, 3.8) is 0 Å². The van der Waals surface area contributed by atoms with Crippen molar-refractivity contribution in [1.29, 1.82) is 0 Å². The summed E-state index contributed by atoms with van der Waals surface area (Å²) in [5.74, 6) is -0.114. The van der Waals surface area contributed by atoms with Gasteiger partial charge in [0.2, 0.25) is 5.91 Å². The summed E-state index contributed by atoms with van der Waals surface area (Å²) in [6.07, 6.45) is 5.20. The molecule has 0 saturated carbocycles. The molecule has 1 atom stereocenters. The van der Waals surface area contributed by atoms with Gasteiger partial charge in [0.1, 0.15) is 6.04 Å². The van der Waals surface area contributed by atoms with Crippen molar-refractivity contribution < 1.29 is 4.79 Å². The molecule has 0 spiro atoms. The van der Waals surface area contributed by atoms with E-state index in [0.29, 0.717) is 12.2 Å². The van der Waals surface area contributed by atoms with Crippen molar-refractivity contribution in [2.45, 2.75) is 33.4 Å². The Balaban J connectivity index is 1.67. The van der Waals surface area contributed by atoms with Crippen molar-refractivity contribution in [3.8, 4) is 0 Å². The maximum atomic E-state index is 12.4. The van der Waals surface area contributed by atoms with Crippen molar-refractivity contribution in [1.82, 2.24) is 19.6 Å². The van der Waals surface area contributed by atoms with Gasteiger partial charge in [0.05, 0.1) is 18.4 Å². The molecular weight excluding hydrogens is 302 g/mol. The number of carbonyl (C=O) groups is 1. The molecule has 1 N–H and O–H groups in total. The van der Waals surface area contributed by atoms with E-state index in [1.807, 2.05) is 42.9 Å². The lowest BCUT2D eigenvalue weighted by Gasteiger charge is -2.13. The fourth-order valence-electron chi connectivity index (χ4n) is 2.62. The Labute approximate surface area is 141 Å². The van der Waals surface area contributed by atoms with Gasteiger partial charge in [-0.3, -0.25) is 14.2 Å². The molecule has 2 heterocycles. The zero-order valence-corrected chi connectivity index (χ0v) is 14.1. The van der Waals surface area contributed by atoms with Crippen molar-refractivity contribution in [2.75, 3.05) is 5.32 Å². The van der Waals surface area contributed by atoms with E-state index >= 15 is 0 Å². The highest BCUT2D eigenvalue weighted by atomic mass is 16.2. The van der Waals surface area contributed by atoms with Crippen molar-refractivity contribution in [2.24, 2.45) is 0 Å². The van der Waals surface area contributed by atoms with Gasteiger partial charge in [-0.1, -0.05) is 24.3 Å². The molecule has 0 aliphatic rings. The molecule has 0 radical (unpaired) electrons. The van der Waals surface area contributed by atoms with Crippen LogP contribution in [0.1, 0.15) is 29.8 Å². The van der Waals surface area contributed by atoms with Gasteiger partial charge in [-0.05, 0) is 38.0 Å². The monoisotopic (exact) mass is 323 g/mol. The van der Waals surface area contributed by atoms with Crippen molar-refractivity contribution >= 4 is 11.6 Å². The molecule has 0 saturated heterocycles. The topological polar surface area (TPSA) is 64.7 Å². The van der Waals surface area contributed by atoms with E-state index in [1.165, 1.54) is 11.1 Å². The average molecular weight is 323 g/mol. The zero-order valence-electron chi connectivity index (χ0n) is 14.1. The van der Waals surface area contributed by atoms with E-state index in [9.17, 15) is 4.79 Å². The molecule has 0 aliphatic carbocycles. The predicted octanol–water partition coefficient (Wildman–Crippen LogP) is 2.94. The molecule has 3 aromatic rings. The quantitative estimate of drug-likeness (QED) is 0.785. The van der Waals surface area contributed by atoms with E-state index in [4.69, 9.17) is 0 Å². The summed E-state index contributed by atoms with van der Waals surface area (Å²) in [5, 5.41) is 11.4. The van der Waals surface area contributed by atoms with E-state index in [1.54, 1.807) is 17.1 Å². The third-order valence-electron chi connectivity index (χ3n) is 4.11. The smallest absolute Gasteiger partial charge is 0.249 e. The Morgan fingerprint density at radius 3 is 2.71 bits per heavy atom. The second-order valence-electron chi connectivity index (χ2n) is 5.94. The number of aryl methyl sites for hydroxylation is 2. The number of rotatable bonds is 5. The minimum atomic E-state index is -0.375. The van der Waals surface area contributed by atoms with Crippen LogP contribution in [0.25, 0.3) is 0 Å². The van der Waals surface area contributed by atoms with Crippen LogP contribution >= 0.6 is 0 Å². The van der Waals surface area contributed by atoms with E-state index in [-0.39, 0.29) is 11.9 Å². The molecule has 0 fully saturated rings. The molecule has 2 aromatic heterocycles. The van der Waals surface area contributed by atoms with Crippen LogP contribution in [0.2, 0.25) is 0 Å². The van der Waals surface area contributed by atoms with Gasteiger partial charge in [0, 0.05) is 18.1 Å². The van der Waals surface area contributed by atoms with E-state index in [0.717, 1.165) is 5.69 Å². The maximum absolute atomic E-state index is 12.4. The normalized spacial score (nSPS) is 12.1. The first-order valence-electron chi connectivity index (χ1n) is 7.92. The molecule has 124 valence electrons. The number of amides is 1. The highest BCUT2D eigenvalue weighted by molar-refractivity contribution is 5.93. The number of benzene rings is 1. The van der Waals surface area contributed by atoms with Gasteiger partial charge in [-0.15, -0.1) is 0 Å². The molecule has 24 heavy (non-hydrogen) atoms. The fourth-order valence-corrected chi connectivity index (χ4v) is 2.62. The van der Waals surface area contributed by atoms with Crippen LogP contribution in [0, 0.1) is 13.8 Å². The van der Waals surface area contributed by atoms with Gasteiger partial charge >= 0.3 is 0 Å². The largest absolute Gasteiger partial charge is 0.322 e. The van der Waals surface area contributed by atoms with Gasteiger partial charge in [0.25, 0.3) is 0 Å². The first-order valence-corrected chi connectivity index (χ1v) is 7.92. The minimum absolute atomic E-state index is 0.114. The molecule has 6 heteroatoms. The predicted molar refractivity (Wildman–Crippen MR) is 92.8 cm³/mol. The highest BCUT2D eigenvalue weighted by Gasteiger charge is 2.17. The Morgan fingerprint density at radius 1 is 1.21 bits per heavy atom. The van der Waals surface area contributed by atoms with Crippen LogP contribution in [-0.4, -0.2) is 25.5 Å². The second kappa shape index (κ2) is 6.70. The summed E-state index contributed by atoms with van der Waals surface area (Å²) in [5.41, 5.74) is 4.07. The molecular formula is C18H21N5O. The van der Waals surface area contributed by atoms with E-state index < -0.39 is 0 Å². The van der Waals surface area contributed by atoms with Gasteiger partial charge < -0.3 is 5.32 Å². The summed E-state index contributed by atoms with van der Waals surface area (Å²) in [4.78, 5) is 12.4. The Bertz CT molecular complexity index is 848. The molecule has 6 nitrogen and oxygen atoms in total. The Hall–Kier alpha value is -2.89. The minimum Gasteiger partial charge on any atom is -0.322 e. The third-order valence-corrected chi connectivity index (χ3v) is 4.11. The molecule has 1 amide bonds. The van der Waals surface area contributed by atoms with Crippen LogP contribution in [0.3, 0.4) is 0 Å². The Morgan fingerprint density at radius 2 is 2.00 bits per heavy atom. The number of hydrogen-bond acceptors (Lipinski definition) is 3. The summed E-state index contributed by atoms with van der Waals surface area (Å²) in [7, 11) is 0. The molecule has 1 unspecified atom stereocenters. The zero-order chi connectivity index (χ0) is 17.1. The average Bonchev–Trinajstić information content (AvgIpc) is 3.18. The fraction of sp³-hybridized carbons (Fsp3) is 0.278. The summed E-state index contributed by atoms with van der Waals surface area (Å²) in [6, 6.07) is 9.70. The summed E-state index contributed by atoms with van der Waals surface area (Å²) in [6.45, 7) is 6.51. The first kappa shape index (κ1) is 16.0. The molecule has 0 aliphatic heterocycles. The van der Waals surface area contributed by atoms with Crippen LogP contribution < -0.4 is 5.32 Å². The lowest BCUT2D eigenvalue weighted by Crippen LogP contribution is -2.25. The SMILES string of the molecule is Cc1ccccc1Cn1cc(NC(=O)C(C)n2nccc2C)cn1. The first-order chi connectivity index (χ1) is 11.5. The molecule has 1 aromatic carbocycles. The van der Waals surface area contributed by atoms with Crippen LogP contribution in [0.4, 0.5) is 5.69 Å². The van der Waals surface area contributed by atoms with Crippen LogP contribution in [0.15, 0.2) is 48.9 Å². The Kier molecular flexibility index (Phi) is 4.46. The standard InChI is InChI=1S/C18H21N5O/c1-13-6-4-5-7-16(13)11-22-12-17(10-20-22)21-18(24)15(3)23-14(2)8-9-19-23/h4-10,12,15H,11H2,1-3H3,(H,21,24). The van der Waals surface area contributed by atoms with Crippen molar-refractivity contribution in [3.05, 3.63) is 65.7 Å². The molecule has 0 bridgehead atoms. The summed E-state index contributed by atoms with van der Waals surface area (Å²) < 4.78 is 3.52. The maximum Gasteiger partial charge on any atom is 0.249 e. The lowest BCUT2D eigenvalue weighted by atomic mass is 10.1. The van der Waals surface area contributed by atoms with E-state index in [2.05, 4.69) is 34.6 Å². The third kappa shape index (κ3) is 3.37. The van der Waals surface area contributed by atoms with Gasteiger partial charge in [0.15, 0.2) is 0 Å². The lowest BCUT2D eigenvalue weighted by molar-refractivity contribution is -0.119. The molecule has 3 rings (SSSR count). The number of nitrogens with zero attached hydrogens (tertiary/aromatic N) is 4.